The largest absolute Gasteiger partial charge is 0.366 e. The molecule has 1 aromatic heterocycles. The highest BCUT2D eigenvalue weighted by Crippen LogP contribution is 2.30. The highest BCUT2D eigenvalue weighted by molar-refractivity contribution is 5.90. The van der Waals surface area contributed by atoms with Gasteiger partial charge in [-0.25, -0.2) is 0 Å². The number of nitrogens with zero attached hydrogens (tertiary/aromatic N) is 3. The Morgan fingerprint density at radius 2 is 1.82 bits per heavy atom. The molecule has 2 aromatic rings. The first-order valence-corrected chi connectivity index (χ1v) is 8.20. The van der Waals surface area contributed by atoms with Crippen molar-refractivity contribution >= 4 is 22.5 Å². The van der Waals surface area contributed by atoms with Gasteiger partial charge in [-0.05, 0) is 25.0 Å². The Bertz CT molecular complexity index is 682. The highest BCUT2D eigenvalue weighted by atomic mass is 16.2. The zero-order valence-electron chi connectivity index (χ0n) is 12.7. The number of rotatable bonds is 2. The molecule has 4 rings (SSSR count). The van der Waals surface area contributed by atoms with E-state index in [4.69, 9.17) is 0 Å². The number of pyridine rings is 1. The summed E-state index contributed by atoms with van der Waals surface area (Å²) in [6.07, 6.45) is 5.25. The number of benzene rings is 1. The number of hydrogen-bond acceptors (Lipinski definition) is 3. The van der Waals surface area contributed by atoms with Crippen molar-refractivity contribution in [2.75, 3.05) is 31.1 Å². The van der Waals surface area contributed by atoms with Crippen LogP contribution in [0.4, 0.5) is 5.69 Å². The number of fused-ring (bicyclic) bond motifs is 1. The Kier molecular flexibility index (Phi) is 3.45. The number of carbonyl (C=O) groups excluding carboxylic acids is 1. The van der Waals surface area contributed by atoms with E-state index in [0.717, 1.165) is 44.5 Å². The van der Waals surface area contributed by atoms with E-state index in [1.165, 1.54) is 17.5 Å². The van der Waals surface area contributed by atoms with Gasteiger partial charge in [0.2, 0.25) is 5.91 Å². The molecule has 0 spiro atoms. The zero-order valence-corrected chi connectivity index (χ0v) is 12.7. The molecule has 1 aliphatic carbocycles. The topological polar surface area (TPSA) is 36.4 Å². The molecule has 4 heteroatoms. The monoisotopic (exact) mass is 295 g/mol. The molecule has 22 heavy (non-hydrogen) atoms. The SMILES string of the molecule is O=C(C1CCC1)N1CCN(c2cccc3cccnc23)CC1. The summed E-state index contributed by atoms with van der Waals surface area (Å²) in [4.78, 5) is 21.3. The first-order valence-electron chi connectivity index (χ1n) is 8.20. The van der Waals surface area contributed by atoms with Gasteiger partial charge in [-0.15, -0.1) is 0 Å². The third kappa shape index (κ3) is 2.32. The molecule has 2 heterocycles. The van der Waals surface area contributed by atoms with Crippen LogP contribution in [0.15, 0.2) is 36.5 Å². The van der Waals surface area contributed by atoms with Gasteiger partial charge in [-0.3, -0.25) is 9.78 Å². The van der Waals surface area contributed by atoms with Gasteiger partial charge in [-0.1, -0.05) is 24.6 Å². The predicted octanol–water partition coefficient (Wildman–Crippen LogP) is 2.68. The average molecular weight is 295 g/mol. The summed E-state index contributed by atoms with van der Waals surface area (Å²) in [6, 6.07) is 10.4. The van der Waals surface area contributed by atoms with Crippen LogP contribution in [0.25, 0.3) is 10.9 Å². The van der Waals surface area contributed by atoms with Gasteiger partial charge in [0.25, 0.3) is 0 Å². The summed E-state index contributed by atoms with van der Waals surface area (Å²) in [5.41, 5.74) is 2.25. The Morgan fingerprint density at radius 3 is 2.55 bits per heavy atom. The van der Waals surface area contributed by atoms with Gasteiger partial charge in [0.05, 0.1) is 11.2 Å². The fourth-order valence-electron chi connectivity index (χ4n) is 3.42. The molecular formula is C18H21N3O. The molecule has 0 radical (unpaired) electrons. The molecule has 1 aromatic carbocycles. The summed E-state index contributed by atoms with van der Waals surface area (Å²) < 4.78 is 0. The molecular weight excluding hydrogens is 274 g/mol. The number of carbonyl (C=O) groups is 1. The normalized spacial score (nSPS) is 19.3. The minimum Gasteiger partial charge on any atom is -0.366 e. The number of para-hydroxylation sites is 1. The maximum atomic E-state index is 12.3. The van der Waals surface area contributed by atoms with Crippen molar-refractivity contribution in [2.24, 2.45) is 5.92 Å². The van der Waals surface area contributed by atoms with Crippen LogP contribution in [0.3, 0.4) is 0 Å². The summed E-state index contributed by atoms with van der Waals surface area (Å²) in [5.74, 6) is 0.688. The minimum atomic E-state index is 0.311. The Labute approximate surface area is 130 Å². The van der Waals surface area contributed by atoms with E-state index < -0.39 is 0 Å². The van der Waals surface area contributed by atoms with Gasteiger partial charge in [0, 0.05) is 43.7 Å². The van der Waals surface area contributed by atoms with Crippen molar-refractivity contribution in [1.29, 1.82) is 0 Å². The molecule has 2 aliphatic rings. The Balaban J connectivity index is 1.49. The lowest BCUT2D eigenvalue weighted by molar-refractivity contribution is -0.138. The summed E-state index contributed by atoms with van der Waals surface area (Å²) in [7, 11) is 0. The fourth-order valence-corrected chi connectivity index (χ4v) is 3.42. The third-order valence-electron chi connectivity index (χ3n) is 5.00. The molecule has 2 fully saturated rings. The van der Waals surface area contributed by atoms with E-state index in [-0.39, 0.29) is 0 Å². The van der Waals surface area contributed by atoms with Crippen LogP contribution < -0.4 is 4.90 Å². The Morgan fingerprint density at radius 1 is 1.05 bits per heavy atom. The van der Waals surface area contributed by atoms with Crippen LogP contribution >= 0.6 is 0 Å². The molecule has 1 saturated heterocycles. The standard InChI is InChI=1S/C18H21N3O/c22-18(15-5-1-6-15)21-12-10-20(11-13-21)16-8-2-4-14-7-3-9-19-17(14)16/h2-4,7-9,15H,1,5-6,10-13H2. The van der Waals surface area contributed by atoms with E-state index in [2.05, 4.69) is 39.0 Å². The first-order chi connectivity index (χ1) is 10.8. The van der Waals surface area contributed by atoms with Crippen molar-refractivity contribution in [3.63, 3.8) is 0 Å². The minimum absolute atomic E-state index is 0.311. The lowest BCUT2D eigenvalue weighted by Gasteiger charge is -2.39. The van der Waals surface area contributed by atoms with Gasteiger partial charge in [-0.2, -0.15) is 0 Å². The smallest absolute Gasteiger partial charge is 0.225 e. The molecule has 1 saturated carbocycles. The molecule has 0 atom stereocenters. The maximum Gasteiger partial charge on any atom is 0.225 e. The molecule has 0 unspecified atom stereocenters. The van der Waals surface area contributed by atoms with Crippen molar-refractivity contribution in [3.8, 4) is 0 Å². The molecule has 1 aliphatic heterocycles. The van der Waals surface area contributed by atoms with Crippen LogP contribution in [0.1, 0.15) is 19.3 Å². The van der Waals surface area contributed by atoms with Crippen LogP contribution in [-0.4, -0.2) is 42.0 Å². The van der Waals surface area contributed by atoms with Crippen molar-refractivity contribution in [2.45, 2.75) is 19.3 Å². The lowest BCUT2D eigenvalue weighted by atomic mass is 9.84. The van der Waals surface area contributed by atoms with Crippen molar-refractivity contribution < 1.29 is 4.79 Å². The van der Waals surface area contributed by atoms with E-state index >= 15 is 0 Å². The van der Waals surface area contributed by atoms with Crippen LogP contribution in [0.5, 0.6) is 0 Å². The zero-order chi connectivity index (χ0) is 14.9. The summed E-state index contributed by atoms with van der Waals surface area (Å²) in [5, 5.41) is 1.17. The van der Waals surface area contributed by atoms with Gasteiger partial charge in [0.15, 0.2) is 0 Å². The van der Waals surface area contributed by atoms with Gasteiger partial charge < -0.3 is 9.80 Å². The van der Waals surface area contributed by atoms with Crippen LogP contribution in [0, 0.1) is 5.92 Å². The molecule has 114 valence electrons. The number of hydrogen-bond donors (Lipinski definition) is 0. The average Bonchev–Trinajstić information content (AvgIpc) is 2.53. The molecule has 0 bridgehead atoms. The molecule has 4 nitrogen and oxygen atoms in total. The third-order valence-corrected chi connectivity index (χ3v) is 5.00. The first kappa shape index (κ1) is 13.6. The lowest BCUT2D eigenvalue weighted by Crippen LogP contribution is -2.51. The summed E-state index contributed by atoms with van der Waals surface area (Å²) in [6.45, 7) is 3.46. The second kappa shape index (κ2) is 5.59. The maximum absolute atomic E-state index is 12.3. The van der Waals surface area contributed by atoms with Crippen LogP contribution in [0.2, 0.25) is 0 Å². The Hall–Kier alpha value is -2.10. The van der Waals surface area contributed by atoms with E-state index in [9.17, 15) is 4.79 Å². The van der Waals surface area contributed by atoms with E-state index in [1.807, 2.05) is 12.3 Å². The van der Waals surface area contributed by atoms with Crippen molar-refractivity contribution in [3.05, 3.63) is 36.5 Å². The van der Waals surface area contributed by atoms with E-state index in [1.54, 1.807) is 0 Å². The number of anilines is 1. The quantitative estimate of drug-likeness (QED) is 0.854. The van der Waals surface area contributed by atoms with Gasteiger partial charge >= 0.3 is 0 Å². The summed E-state index contributed by atoms with van der Waals surface area (Å²) >= 11 is 0. The van der Waals surface area contributed by atoms with Crippen LogP contribution in [-0.2, 0) is 4.79 Å². The van der Waals surface area contributed by atoms with Gasteiger partial charge in [0.1, 0.15) is 0 Å². The number of amides is 1. The fraction of sp³-hybridized carbons (Fsp3) is 0.444. The highest BCUT2D eigenvalue weighted by Gasteiger charge is 2.31. The second-order valence-corrected chi connectivity index (χ2v) is 6.29. The number of aromatic nitrogens is 1. The second-order valence-electron chi connectivity index (χ2n) is 6.29. The number of piperazine rings is 1. The predicted molar refractivity (Wildman–Crippen MR) is 87.9 cm³/mol. The van der Waals surface area contributed by atoms with E-state index in [0.29, 0.717) is 11.8 Å². The molecule has 0 N–H and O–H groups in total. The molecule has 1 amide bonds. The van der Waals surface area contributed by atoms with Crippen molar-refractivity contribution in [1.82, 2.24) is 9.88 Å².